The van der Waals surface area contributed by atoms with Gasteiger partial charge in [-0.2, -0.15) is 13.2 Å². The number of allylic oxidation sites excluding steroid dienone is 4. The lowest BCUT2D eigenvalue weighted by atomic mass is 9.69. The minimum atomic E-state index is -4.47. The maximum atomic E-state index is 13.8. The predicted octanol–water partition coefficient (Wildman–Crippen LogP) is 9.66. The highest BCUT2D eigenvalue weighted by Crippen LogP contribution is 2.32. The van der Waals surface area contributed by atoms with Crippen molar-refractivity contribution in [2.75, 3.05) is 17.1 Å². The van der Waals surface area contributed by atoms with Gasteiger partial charge in [-0.1, -0.05) is 121 Å². The third kappa shape index (κ3) is 18.9. The molecular weight excluding hydrogens is 890 g/mol. The average Bonchev–Trinajstić information content (AvgIpc) is 3.30. The van der Waals surface area contributed by atoms with Crippen LogP contribution in [-0.2, 0) is 42.9 Å². The molecule has 0 spiro atoms. The zero-order valence-electron chi connectivity index (χ0n) is 39.1. The molecule has 1 fully saturated rings. The van der Waals surface area contributed by atoms with Crippen molar-refractivity contribution < 1.29 is 45.2 Å². The van der Waals surface area contributed by atoms with E-state index in [0.29, 0.717) is 16.8 Å². The molecule has 0 aliphatic carbocycles. The van der Waals surface area contributed by atoms with Crippen LogP contribution in [0.2, 0.25) is 0 Å². The topological polar surface area (TPSA) is 139 Å². The van der Waals surface area contributed by atoms with Crippen LogP contribution in [0, 0.1) is 0 Å². The first kappa shape index (κ1) is 54.6. The van der Waals surface area contributed by atoms with Gasteiger partial charge in [0, 0.05) is 31.0 Å². The Balaban J connectivity index is 0.000000392. The van der Waals surface area contributed by atoms with Crippen molar-refractivity contribution in [1.82, 2.24) is 15.6 Å². The largest absolute Gasteiger partial charge is 0.458 e. The number of anilines is 2. The van der Waals surface area contributed by atoms with Gasteiger partial charge in [0.25, 0.3) is 5.91 Å². The molecule has 2 atom stereocenters. The number of rotatable bonds is 16. The predicted molar refractivity (Wildman–Crippen MR) is 269 cm³/mol. The number of aliphatic hydroxyl groups is 1. The van der Waals surface area contributed by atoms with Crippen LogP contribution < -0.4 is 14.9 Å². The molecule has 356 valence electrons. The van der Waals surface area contributed by atoms with Crippen LogP contribution in [0.15, 0.2) is 175 Å². The smallest absolute Gasteiger partial charge is 0.445 e. The molecule has 1 aliphatic rings. The number of amides is 1. The van der Waals surface area contributed by atoms with Crippen molar-refractivity contribution >= 4 is 54.7 Å². The van der Waals surface area contributed by atoms with Gasteiger partial charge in [-0.25, -0.2) is 12.7 Å². The number of carbonyl (C=O) groups excluding carboxylic acids is 1. The van der Waals surface area contributed by atoms with Crippen molar-refractivity contribution in [3.8, 4) is 0 Å². The SMILES string of the molecule is C/C=C\B1OB(/C=C/C)OB(/C=C/C)O1.CC(C)=Cc1cc(C(=O)N[C@@H](Cc2ccccc2)[C@H](O)CNCc2cccc(C(F)(F)F)c2)cc(N(c2ccccc2)S(C)(=O)=O)c1.c1ccncc1. The van der Waals surface area contributed by atoms with Crippen LogP contribution in [0.3, 0.4) is 0 Å². The molecule has 5 aromatic rings. The monoisotopic (exact) mass is 948 g/mol. The van der Waals surface area contributed by atoms with Gasteiger partial charge < -0.3 is 29.5 Å². The fraction of sp³-hybridized carbons (Fsp3) is 0.240. The number of halogens is 3. The van der Waals surface area contributed by atoms with Crippen LogP contribution in [0.5, 0.6) is 0 Å². The number of carbonyl (C=O) groups is 1. The van der Waals surface area contributed by atoms with Crippen LogP contribution in [0.4, 0.5) is 24.5 Å². The highest BCUT2D eigenvalue weighted by atomic mass is 32.2. The Morgan fingerprint density at radius 1 is 0.750 bits per heavy atom. The van der Waals surface area contributed by atoms with Crippen LogP contribution >= 0.6 is 0 Å². The van der Waals surface area contributed by atoms with E-state index in [1.807, 2.05) is 125 Å². The molecule has 2 heterocycles. The number of sulfonamides is 1. The Kier molecular flexibility index (Phi) is 22.3. The van der Waals surface area contributed by atoms with Gasteiger partial charge in [0.2, 0.25) is 10.0 Å². The number of hydrogen-bond acceptors (Lipinski definition) is 9. The first-order valence-corrected chi connectivity index (χ1v) is 23.8. The molecule has 0 saturated carbocycles. The van der Waals surface area contributed by atoms with Crippen molar-refractivity contribution in [3.05, 3.63) is 203 Å². The summed E-state index contributed by atoms with van der Waals surface area (Å²) in [6.07, 6.45) is 6.79. The number of alkyl halides is 3. The van der Waals surface area contributed by atoms with Gasteiger partial charge in [-0.15, -0.1) is 0 Å². The summed E-state index contributed by atoms with van der Waals surface area (Å²) in [5.41, 5.74) is 2.88. The average molecular weight is 949 g/mol. The number of aliphatic hydroxyl groups excluding tert-OH is 1. The van der Waals surface area contributed by atoms with Gasteiger partial charge in [-0.3, -0.25) is 9.78 Å². The van der Waals surface area contributed by atoms with Gasteiger partial charge in [0.1, 0.15) is 0 Å². The number of aromatic nitrogens is 1. The molecule has 3 N–H and O–H groups in total. The highest BCUT2D eigenvalue weighted by molar-refractivity contribution is 7.92. The number of benzene rings is 4. The first-order valence-electron chi connectivity index (χ1n) is 22.0. The van der Waals surface area contributed by atoms with Gasteiger partial charge in [-0.05, 0) is 106 Å². The minimum Gasteiger partial charge on any atom is -0.445 e. The highest BCUT2D eigenvalue weighted by Gasteiger charge is 2.36. The molecule has 0 radical (unpaired) electrons. The molecule has 18 heteroatoms. The molecule has 6 rings (SSSR count). The van der Waals surface area contributed by atoms with E-state index in [2.05, 4.69) is 15.6 Å². The summed E-state index contributed by atoms with van der Waals surface area (Å²) in [6.45, 7) is 9.61. The van der Waals surface area contributed by atoms with Crippen molar-refractivity contribution in [2.45, 2.75) is 65.9 Å². The summed E-state index contributed by atoms with van der Waals surface area (Å²) >= 11 is 0. The molecule has 11 nitrogen and oxygen atoms in total. The Morgan fingerprint density at radius 3 is 1.78 bits per heavy atom. The zero-order chi connectivity index (χ0) is 49.5. The second-order valence-corrected chi connectivity index (χ2v) is 17.5. The summed E-state index contributed by atoms with van der Waals surface area (Å²) in [5.74, 6) is 5.04. The van der Waals surface area contributed by atoms with Crippen molar-refractivity contribution in [2.24, 2.45) is 0 Å². The fourth-order valence-electron chi connectivity index (χ4n) is 6.71. The summed E-state index contributed by atoms with van der Waals surface area (Å²) in [5, 5.41) is 17.2. The third-order valence-electron chi connectivity index (χ3n) is 9.65. The number of hydrogen-bond donors (Lipinski definition) is 3. The summed E-state index contributed by atoms with van der Waals surface area (Å²) in [7, 11) is -4.83. The number of nitrogens with zero attached hydrogens (tertiary/aromatic N) is 2. The maximum absolute atomic E-state index is 13.8. The molecule has 1 saturated heterocycles. The Labute approximate surface area is 400 Å². The second kappa shape index (κ2) is 27.7. The van der Waals surface area contributed by atoms with E-state index >= 15 is 0 Å². The van der Waals surface area contributed by atoms with Crippen LogP contribution in [0.25, 0.3) is 6.08 Å². The van der Waals surface area contributed by atoms with E-state index < -0.39 is 39.8 Å². The molecule has 0 unspecified atom stereocenters. The third-order valence-corrected chi connectivity index (χ3v) is 10.7. The Hall–Kier alpha value is -6.01. The fourth-order valence-corrected chi connectivity index (χ4v) is 7.70. The summed E-state index contributed by atoms with van der Waals surface area (Å²) < 4.78 is 83.1. The molecule has 1 amide bonds. The molecule has 68 heavy (non-hydrogen) atoms. The number of pyridine rings is 1. The quantitative estimate of drug-likeness (QED) is 0.0826. The van der Waals surface area contributed by atoms with Crippen molar-refractivity contribution in [1.29, 1.82) is 0 Å². The van der Waals surface area contributed by atoms with E-state index in [4.69, 9.17) is 13.7 Å². The summed E-state index contributed by atoms with van der Waals surface area (Å²) in [4.78, 5) is 17.6. The van der Waals surface area contributed by atoms with E-state index in [0.717, 1.165) is 29.5 Å². The molecule has 1 aromatic heterocycles. The van der Waals surface area contributed by atoms with Crippen molar-refractivity contribution in [3.63, 3.8) is 0 Å². The number of nitrogens with one attached hydrogen (secondary N) is 2. The van der Waals surface area contributed by atoms with Gasteiger partial charge in [0.05, 0.1) is 35.3 Å². The molecular formula is C50H58B3F3N4O7S. The lowest BCUT2D eigenvalue weighted by Crippen LogP contribution is -2.48. The van der Waals surface area contributed by atoms with E-state index in [9.17, 15) is 31.5 Å². The minimum absolute atomic E-state index is 0.0209. The maximum Gasteiger partial charge on any atom is 0.458 e. The second-order valence-electron chi connectivity index (χ2n) is 15.7. The molecule has 1 aliphatic heterocycles. The normalized spacial score (nSPS) is 13.9. The summed E-state index contributed by atoms with van der Waals surface area (Å²) in [6, 6.07) is 32.5. The van der Waals surface area contributed by atoms with E-state index in [-0.39, 0.29) is 52.1 Å². The van der Waals surface area contributed by atoms with E-state index in [1.165, 1.54) is 16.4 Å². The van der Waals surface area contributed by atoms with E-state index in [1.54, 1.807) is 60.9 Å². The molecule has 4 aromatic carbocycles. The zero-order valence-corrected chi connectivity index (χ0v) is 39.9. The van der Waals surface area contributed by atoms with Crippen LogP contribution in [-0.4, -0.2) is 70.7 Å². The number of para-hydroxylation sites is 1. The lowest BCUT2D eigenvalue weighted by molar-refractivity contribution is -0.137. The first-order chi connectivity index (χ1) is 32.5. The standard InChI is InChI=1S/C36H38F3N3O4S.C9H15B3O3.C5H5N/c1-25(2)17-28-18-29(22-32(20-28)42(47(3,45)46)31-15-8-5-9-16-31)35(44)41-33(21-26-11-6-4-7-12-26)34(43)24-40-23-27-13-10-14-30(19-27)36(37,38)39;1-4-7-10-13-11(8-5-2)15-12(14-10)9-6-3;1-2-4-6-5-3-1/h4-20,22,33-34,40,43H,21,23-24H2,1-3H3,(H,41,44);4-9H,1-3H3;1-5H/b;7-4-,8-5+,9-6+;/t33-,34+;;/m0../s1. The van der Waals surface area contributed by atoms with Gasteiger partial charge >= 0.3 is 27.5 Å². The molecule has 0 bridgehead atoms. The lowest BCUT2D eigenvalue weighted by Gasteiger charge is -2.26. The van der Waals surface area contributed by atoms with Gasteiger partial charge in [0.15, 0.2) is 0 Å². The Morgan fingerprint density at radius 2 is 1.29 bits per heavy atom. The Bertz CT molecular complexity index is 2460. The van der Waals surface area contributed by atoms with Crippen LogP contribution in [0.1, 0.15) is 67.2 Å².